The molecule has 0 unspecified atom stereocenters. The summed E-state index contributed by atoms with van der Waals surface area (Å²) in [5.74, 6) is 0.642. The smallest absolute Gasteiger partial charge is 0.0404 e. The van der Waals surface area contributed by atoms with Crippen LogP contribution in [-0.2, 0) is 0 Å². The average molecular weight is 252 g/mol. The van der Waals surface area contributed by atoms with Gasteiger partial charge in [0.05, 0.1) is 0 Å². The molecule has 0 saturated heterocycles. The molecule has 0 radical (unpaired) electrons. The summed E-state index contributed by atoms with van der Waals surface area (Å²) in [6.45, 7) is 0. The van der Waals surface area contributed by atoms with Gasteiger partial charge in [-0.25, -0.2) is 0 Å². The van der Waals surface area contributed by atoms with Gasteiger partial charge < -0.3 is 0 Å². The molecule has 0 aromatic heterocycles. The van der Waals surface area contributed by atoms with Crippen LogP contribution in [0.5, 0.6) is 0 Å². The first-order chi connectivity index (χ1) is 5.91. The molecule has 70 valence electrons. The third-order valence-electron chi connectivity index (χ3n) is 1.50. The summed E-state index contributed by atoms with van der Waals surface area (Å²) in [6, 6.07) is 0. The molecule has 0 spiro atoms. The Morgan fingerprint density at radius 3 is 2.00 bits per heavy atom. The number of halogens is 2. The molecule has 0 aromatic carbocycles. The monoisotopic (exact) mass is 250 g/mol. The maximum absolute atomic E-state index is 5.48. The lowest BCUT2D eigenvalue weighted by atomic mass is 10.2. The summed E-state index contributed by atoms with van der Waals surface area (Å²) in [4.78, 5) is 0. The van der Waals surface area contributed by atoms with Crippen LogP contribution in [0.2, 0.25) is 0 Å². The molecule has 0 aliphatic heterocycles. The van der Waals surface area contributed by atoms with Crippen LogP contribution in [0, 0.1) is 0 Å². The van der Waals surface area contributed by atoms with E-state index in [4.69, 9.17) is 11.6 Å². The first-order valence-electron chi connectivity index (χ1n) is 4.33. The van der Waals surface area contributed by atoms with Crippen molar-refractivity contribution >= 4 is 27.5 Å². The van der Waals surface area contributed by atoms with Gasteiger partial charge in [-0.15, -0.1) is 11.6 Å². The van der Waals surface area contributed by atoms with E-state index in [0.29, 0.717) is 5.88 Å². The van der Waals surface area contributed by atoms with Crippen LogP contribution >= 0.6 is 27.5 Å². The largest absolute Gasteiger partial charge is 0.122 e. The van der Waals surface area contributed by atoms with Crippen LogP contribution < -0.4 is 0 Å². The molecule has 0 aromatic rings. The second kappa shape index (κ2) is 11.2. The van der Waals surface area contributed by atoms with Crippen molar-refractivity contribution in [3.63, 3.8) is 0 Å². The van der Waals surface area contributed by atoms with Gasteiger partial charge in [-0.2, -0.15) is 0 Å². The van der Waals surface area contributed by atoms with Gasteiger partial charge in [-0.3, -0.25) is 0 Å². The molecule has 0 nitrogen and oxygen atoms in total. The summed E-state index contributed by atoms with van der Waals surface area (Å²) in [5, 5.41) is 0.971. The predicted molar refractivity (Wildman–Crippen MR) is 61.3 cm³/mol. The van der Waals surface area contributed by atoms with Crippen LogP contribution in [0.25, 0.3) is 0 Å². The standard InChI is InChI=1S/C10H16BrCl/c11-9-7-5-3-1-2-4-6-8-10-12/h5-8H,1-4,9-10H2. The van der Waals surface area contributed by atoms with Gasteiger partial charge in [0, 0.05) is 11.2 Å². The lowest BCUT2D eigenvalue weighted by Crippen LogP contribution is -1.73. The van der Waals surface area contributed by atoms with Crippen LogP contribution in [0.1, 0.15) is 25.7 Å². The molecule has 0 aliphatic rings. The van der Waals surface area contributed by atoms with E-state index in [1.165, 1.54) is 19.3 Å². The third kappa shape index (κ3) is 10.2. The van der Waals surface area contributed by atoms with E-state index in [1.807, 2.05) is 6.08 Å². The number of rotatable bonds is 7. The third-order valence-corrected chi connectivity index (χ3v) is 2.06. The second-order valence-corrected chi connectivity index (χ2v) is 3.49. The number of alkyl halides is 2. The highest BCUT2D eigenvalue weighted by molar-refractivity contribution is 9.09. The zero-order valence-corrected chi connectivity index (χ0v) is 9.65. The minimum Gasteiger partial charge on any atom is -0.122 e. The van der Waals surface area contributed by atoms with Crippen molar-refractivity contribution in [2.24, 2.45) is 0 Å². The second-order valence-electron chi connectivity index (χ2n) is 2.54. The van der Waals surface area contributed by atoms with E-state index in [1.54, 1.807) is 0 Å². The molecule has 0 heterocycles. The SMILES string of the molecule is ClCC=CCCCCC=CCBr. The van der Waals surface area contributed by atoms with E-state index >= 15 is 0 Å². The van der Waals surface area contributed by atoms with Gasteiger partial charge in [-0.05, 0) is 25.7 Å². The van der Waals surface area contributed by atoms with E-state index < -0.39 is 0 Å². The number of allylic oxidation sites excluding steroid dienone is 4. The maximum atomic E-state index is 5.48. The van der Waals surface area contributed by atoms with Crippen molar-refractivity contribution in [1.29, 1.82) is 0 Å². The number of hydrogen-bond acceptors (Lipinski definition) is 0. The van der Waals surface area contributed by atoms with Crippen molar-refractivity contribution < 1.29 is 0 Å². The van der Waals surface area contributed by atoms with E-state index in [2.05, 4.69) is 34.2 Å². The Labute approximate surface area is 88.8 Å². The van der Waals surface area contributed by atoms with Gasteiger partial charge in [0.2, 0.25) is 0 Å². The molecule has 0 fully saturated rings. The molecular formula is C10H16BrCl. The van der Waals surface area contributed by atoms with E-state index in [9.17, 15) is 0 Å². The fourth-order valence-electron chi connectivity index (χ4n) is 0.886. The average Bonchev–Trinajstić information content (AvgIpc) is 2.10. The summed E-state index contributed by atoms with van der Waals surface area (Å²) < 4.78 is 0. The van der Waals surface area contributed by atoms with Crippen molar-refractivity contribution in [1.82, 2.24) is 0 Å². The molecule has 0 amide bonds. The van der Waals surface area contributed by atoms with Crippen LogP contribution in [0.4, 0.5) is 0 Å². The van der Waals surface area contributed by atoms with Crippen molar-refractivity contribution in [3.8, 4) is 0 Å². The molecule has 0 rings (SSSR count). The molecular weight excluding hydrogens is 235 g/mol. The summed E-state index contributed by atoms with van der Waals surface area (Å²) in [5.41, 5.74) is 0. The zero-order chi connectivity index (χ0) is 9.07. The number of hydrogen-bond donors (Lipinski definition) is 0. The molecule has 0 bridgehead atoms. The topological polar surface area (TPSA) is 0 Å². The lowest BCUT2D eigenvalue weighted by molar-refractivity contribution is 0.761. The van der Waals surface area contributed by atoms with E-state index in [0.717, 1.165) is 11.8 Å². The summed E-state index contributed by atoms with van der Waals surface area (Å²) in [7, 11) is 0. The minimum atomic E-state index is 0.642. The van der Waals surface area contributed by atoms with Gasteiger partial charge in [0.1, 0.15) is 0 Å². The quantitative estimate of drug-likeness (QED) is 0.360. The highest BCUT2D eigenvalue weighted by Crippen LogP contribution is 2.01. The van der Waals surface area contributed by atoms with Crippen molar-refractivity contribution in [2.45, 2.75) is 25.7 Å². The van der Waals surface area contributed by atoms with Crippen LogP contribution in [0.3, 0.4) is 0 Å². The zero-order valence-electron chi connectivity index (χ0n) is 7.31. The number of unbranched alkanes of at least 4 members (excludes halogenated alkanes) is 3. The summed E-state index contributed by atoms with van der Waals surface area (Å²) >= 11 is 8.82. The minimum absolute atomic E-state index is 0.642. The first-order valence-corrected chi connectivity index (χ1v) is 5.99. The molecule has 12 heavy (non-hydrogen) atoms. The normalized spacial score (nSPS) is 11.8. The molecule has 0 aliphatic carbocycles. The maximum Gasteiger partial charge on any atom is 0.0404 e. The van der Waals surface area contributed by atoms with Crippen LogP contribution in [-0.4, -0.2) is 11.2 Å². The Kier molecular flexibility index (Phi) is 11.5. The van der Waals surface area contributed by atoms with Crippen molar-refractivity contribution in [3.05, 3.63) is 24.3 Å². The Bertz CT molecular complexity index is 114. The Morgan fingerprint density at radius 2 is 1.50 bits per heavy atom. The Morgan fingerprint density at radius 1 is 0.917 bits per heavy atom. The lowest BCUT2D eigenvalue weighted by Gasteiger charge is -1.91. The molecule has 0 atom stereocenters. The Balaban J connectivity index is 3.00. The van der Waals surface area contributed by atoms with Gasteiger partial charge in [-0.1, -0.05) is 40.2 Å². The fraction of sp³-hybridized carbons (Fsp3) is 0.600. The van der Waals surface area contributed by atoms with Gasteiger partial charge >= 0.3 is 0 Å². The predicted octanol–water partition coefficient (Wildman–Crippen LogP) is 4.29. The molecule has 0 saturated carbocycles. The molecule has 2 heteroatoms. The van der Waals surface area contributed by atoms with Gasteiger partial charge in [0.25, 0.3) is 0 Å². The summed E-state index contributed by atoms with van der Waals surface area (Å²) in [6.07, 6.45) is 13.4. The highest BCUT2D eigenvalue weighted by atomic mass is 79.9. The highest BCUT2D eigenvalue weighted by Gasteiger charge is 1.82. The first kappa shape index (κ1) is 12.2. The Hall–Kier alpha value is 0.250. The van der Waals surface area contributed by atoms with E-state index in [-0.39, 0.29) is 0 Å². The van der Waals surface area contributed by atoms with Gasteiger partial charge in [0.15, 0.2) is 0 Å². The van der Waals surface area contributed by atoms with Crippen LogP contribution in [0.15, 0.2) is 24.3 Å². The van der Waals surface area contributed by atoms with Crippen molar-refractivity contribution in [2.75, 3.05) is 11.2 Å². The fourth-order valence-corrected chi connectivity index (χ4v) is 1.28. The molecule has 0 N–H and O–H groups in total.